The molecule has 2 rings (SSSR count). The zero-order chi connectivity index (χ0) is 11.5. The van der Waals surface area contributed by atoms with Crippen LogP contribution in [0.25, 0.3) is 11.0 Å². The van der Waals surface area contributed by atoms with Crippen molar-refractivity contribution in [2.75, 3.05) is 13.6 Å². The fraction of sp³-hybridized carbons (Fsp3) is 0.462. The lowest BCUT2D eigenvalue weighted by molar-refractivity contribution is 0.475. The molecule has 0 aliphatic rings. The summed E-state index contributed by atoms with van der Waals surface area (Å²) in [6.07, 6.45) is 3.07. The highest BCUT2D eigenvalue weighted by Gasteiger charge is 2.11. The van der Waals surface area contributed by atoms with Gasteiger partial charge >= 0.3 is 0 Å². The van der Waals surface area contributed by atoms with Crippen LogP contribution in [0.3, 0.4) is 0 Å². The largest absolute Gasteiger partial charge is 0.326 e. The van der Waals surface area contributed by atoms with Gasteiger partial charge in [-0.15, -0.1) is 0 Å². The second-order valence-corrected chi connectivity index (χ2v) is 4.26. The van der Waals surface area contributed by atoms with E-state index in [1.807, 2.05) is 13.4 Å². The number of nitrogens with one attached hydrogen (secondary N) is 1. The maximum atomic E-state index is 4.45. The number of imidazole rings is 1. The van der Waals surface area contributed by atoms with Crippen LogP contribution in [0.2, 0.25) is 0 Å². The lowest BCUT2D eigenvalue weighted by atomic mass is 10.2. The molecule has 0 saturated carbocycles. The van der Waals surface area contributed by atoms with Crippen molar-refractivity contribution in [3.63, 3.8) is 0 Å². The molecule has 0 spiro atoms. The van der Waals surface area contributed by atoms with E-state index < -0.39 is 0 Å². The average molecular weight is 217 g/mol. The summed E-state index contributed by atoms with van der Waals surface area (Å²) in [6.45, 7) is 5.31. The van der Waals surface area contributed by atoms with Crippen LogP contribution >= 0.6 is 0 Å². The van der Waals surface area contributed by atoms with E-state index in [1.54, 1.807) is 0 Å². The Balaban J connectivity index is 2.46. The molecule has 0 amide bonds. The number of likely N-dealkylation sites (N-methyl/N-ethyl adjacent to an activating group) is 1. The first-order valence-electron chi connectivity index (χ1n) is 5.84. The zero-order valence-electron chi connectivity index (χ0n) is 10.2. The number of nitrogens with zero attached hydrogens (tertiary/aromatic N) is 2. The first-order valence-corrected chi connectivity index (χ1v) is 5.84. The van der Waals surface area contributed by atoms with Gasteiger partial charge in [-0.25, -0.2) is 4.98 Å². The number of benzene rings is 1. The fourth-order valence-corrected chi connectivity index (χ4v) is 2.10. The third kappa shape index (κ3) is 1.95. The Morgan fingerprint density at radius 3 is 2.94 bits per heavy atom. The molecule has 0 fully saturated rings. The summed E-state index contributed by atoms with van der Waals surface area (Å²) < 4.78 is 2.28. The second kappa shape index (κ2) is 4.66. The molecule has 1 aromatic carbocycles. The third-order valence-electron chi connectivity index (χ3n) is 3.03. The van der Waals surface area contributed by atoms with Crippen LogP contribution in [0.4, 0.5) is 0 Å². The van der Waals surface area contributed by atoms with Gasteiger partial charge in [0, 0.05) is 12.6 Å². The van der Waals surface area contributed by atoms with Gasteiger partial charge in [0.05, 0.1) is 17.4 Å². The maximum absolute atomic E-state index is 4.45. The van der Waals surface area contributed by atoms with E-state index in [-0.39, 0.29) is 0 Å². The molecule has 16 heavy (non-hydrogen) atoms. The highest BCUT2D eigenvalue weighted by Crippen LogP contribution is 2.20. The molecular formula is C13H19N3. The Morgan fingerprint density at radius 2 is 2.25 bits per heavy atom. The molecule has 2 aromatic rings. The molecule has 86 valence electrons. The summed E-state index contributed by atoms with van der Waals surface area (Å²) in [7, 11) is 1.99. The normalized spacial score (nSPS) is 13.2. The third-order valence-corrected chi connectivity index (χ3v) is 3.03. The predicted octanol–water partition coefficient (Wildman–Crippen LogP) is 2.52. The Morgan fingerprint density at radius 1 is 1.44 bits per heavy atom. The van der Waals surface area contributed by atoms with Crippen LogP contribution in [0.15, 0.2) is 24.5 Å². The number of aryl methyl sites for hydroxylation is 1. The first kappa shape index (κ1) is 11.1. The molecule has 1 aromatic heterocycles. The fourth-order valence-electron chi connectivity index (χ4n) is 2.10. The van der Waals surface area contributed by atoms with Crippen molar-refractivity contribution in [2.45, 2.75) is 26.3 Å². The van der Waals surface area contributed by atoms with Gasteiger partial charge < -0.3 is 9.88 Å². The van der Waals surface area contributed by atoms with Crippen molar-refractivity contribution < 1.29 is 0 Å². The topological polar surface area (TPSA) is 29.9 Å². The lowest BCUT2D eigenvalue weighted by Crippen LogP contribution is -2.21. The zero-order valence-corrected chi connectivity index (χ0v) is 10.2. The van der Waals surface area contributed by atoms with Gasteiger partial charge in [-0.05, 0) is 38.1 Å². The molecule has 0 saturated heterocycles. The van der Waals surface area contributed by atoms with Gasteiger partial charge in [-0.1, -0.05) is 13.0 Å². The lowest BCUT2D eigenvalue weighted by Gasteiger charge is -2.17. The number of fused-ring (bicyclic) bond motifs is 1. The molecule has 3 heteroatoms. The summed E-state index contributed by atoms with van der Waals surface area (Å²) in [5, 5.41) is 3.24. The molecule has 1 N–H and O–H groups in total. The molecule has 0 aliphatic carbocycles. The van der Waals surface area contributed by atoms with E-state index in [1.165, 1.54) is 11.1 Å². The maximum Gasteiger partial charge on any atom is 0.0961 e. The molecule has 0 aliphatic heterocycles. The summed E-state index contributed by atoms with van der Waals surface area (Å²) in [5.41, 5.74) is 3.61. The van der Waals surface area contributed by atoms with E-state index in [2.05, 4.69) is 46.9 Å². The second-order valence-electron chi connectivity index (χ2n) is 4.26. The van der Waals surface area contributed by atoms with Gasteiger partial charge in [0.1, 0.15) is 0 Å². The molecular weight excluding hydrogens is 198 g/mol. The van der Waals surface area contributed by atoms with Crippen molar-refractivity contribution in [3.05, 3.63) is 30.1 Å². The minimum atomic E-state index is 0.483. The highest BCUT2D eigenvalue weighted by atomic mass is 15.1. The van der Waals surface area contributed by atoms with Crippen molar-refractivity contribution in [3.8, 4) is 0 Å². The molecule has 0 radical (unpaired) electrons. The Hall–Kier alpha value is -1.35. The monoisotopic (exact) mass is 217 g/mol. The molecule has 1 heterocycles. The Labute approximate surface area is 96.5 Å². The molecule has 1 atom stereocenters. The summed E-state index contributed by atoms with van der Waals surface area (Å²) >= 11 is 0. The van der Waals surface area contributed by atoms with Crippen LogP contribution in [0, 0.1) is 6.92 Å². The summed E-state index contributed by atoms with van der Waals surface area (Å²) in [4.78, 5) is 4.45. The van der Waals surface area contributed by atoms with Crippen molar-refractivity contribution in [1.29, 1.82) is 0 Å². The van der Waals surface area contributed by atoms with E-state index in [9.17, 15) is 0 Å². The highest BCUT2D eigenvalue weighted by molar-refractivity contribution is 5.76. The van der Waals surface area contributed by atoms with Crippen LogP contribution in [0.5, 0.6) is 0 Å². The Kier molecular flexibility index (Phi) is 3.25. The van der Waals surface area contributed by atoms with Crippen LogP contribution in [-0.2, 0) is 0 Å². The van der Waals surface area contributed by atoms with E-state index >= 15 is 0 Å². The van der Waals surface area contributed by atoms with Crippen LogP contribution < -0.4 is 5.32 Å². The Bertz CT molecular complexity index is 473. The number of rotatable bonds is 4. The van der Waals surface area contributed by atoms with Gasteiger partial charge in [0.25, 0.3) is 0 Å². The number of aromatic nitrogens is 2. The SMILES string of the molecule is CC[C@H](CNC)n1cnc2ccc(C)cc21. The quantitative estimate of drug-likeness (QED) is 0.852. The van der Waals surface area contributed by atoms with E-state index in [0.29, 0.717) is 6.04 Å². The summed E-state index contributed by atoms with van der Waals surface area (Å²) in [5.74, 6) is 0. The average Bonchev–Trinajstić information content (AvgIpc) is 2.69. The minimum Gasteiger partial charge on any atom is -0.326 e. The standard InChI is InChI=1S/C13H19N3/c1-4-11(8-14-3)16-9-15-12-6-5-10(2)7-13(12)16/h5-7,9,11,14H,4,8H2,1-3H3/t11-/m1/s1. The first-order chi connectivity index (χ1) is 7.76. The van der Waals surface area contributed by atoms with Crippen molar-refractivity contribution >= 4 is 11.0 Å². The predicted molar refractivity (Wildman–Crippen MR) is 67.7 cm³/mol. The smallest absolute Gasteiger partial charge is 0.0961 e. The number of hydrogen-bond donors (Lipinski definition) is 1. The van der Waals surface area contributed by atoms with Gasteiger partial charge in [0.15, 0.2) is 0 Å². The minimum absolute atomic E-state index is 0.483. The summed E-state index contributed by atoms with van der Waals surface area (Å²) in [6, 6.07) is 6.89. The van der Waals surface area contributed by atoms with Gasteiger partial charge in [0.2, 0.25) is 0 Å². The number of hydrogen-bond acceptors (Lipinski definition) is 2. The molecule has 0 bridgehead atoms. The molecule has 3 nitrogen and oxygen atoms in total. The van der Waals surface area contributed by atoms with Gasteiger partial charge in [-0.3, -0.25) is 0 Å². The van der Waals surface area contributed by atoms with Crippen molar-refractivity contribution in [1.82, 2.24) is 14.9 Å². The molecule has 0 unspecified atom stereocenters. The van der Waals surface area contributed by atoms with E-state index in [0.717, 1.165) is 18.5 Å². The van der Waals surface area contributed by atoms with Crippen LogP contribution in [-0.4, -0.2) is 23.1 Å². The van der Waals surface area contributed by atoms with Gasteiger partial charge in [-0.2, -0.15) is 0 Å². The van der Waals surface area contributed by atoms with E-state index in [4.69, 9.17) is 0 Å². The van der Waals surface area contributed by atoms with Crippen LogP contribution in [0.1, 0.15) is 24.9 Å². The van der Waals surface area contributed by atoms with Crippen molar-refractivity contribution in [2.24, 2.45) is 0 Å².